The fourth-order valence-corrected chi connectivity index (χ4v) is 1.13. The maximum Gasteiger partial charge on any atom is 0.0710 e. The molecule has 1 rings (SSSR count). The Hall–Kier alpha value is -0.720. The maximum absolute atomic E-state index is 2.23. The van der Waals surface area contributed by atoms with Gasteiger partial charge >= 0.3 is 0 Å². The molecule has 1 nitrogen and oxygen atoms in total. The summed E-state index contributed by atoms with van der Waals surface area (Å²) in [6.45, 7) is 5.51. The molecule has 0 aromatic carbocycles. The lowest BCUT2D eigenvalue weighted by molar-refractivity contribution is 0.444. The summed E-state index contributed by atoms with van der Waals surface area (Å²) in [6, 6.07) is 0. The Morgan fingerprint density at radius 3 is 2.64 bits per heavy atom. The second-order valence-corrected chi connectivity index (χ2v) is 2.82. The summed E-state index contributed by atoms with van der Waals surface area (Å²) in [5, 5.41) is 0. The molecular formula is C10H16N. The van der Waals surface area contributed by atoms with Crippen molar-refractivity contribution in [2.45, 2.75) is 26.2 Å². The van der Waals surface area contributed by atoms with E-state index in [1.54, 1.807) is 0 Å². The van der Waals surface area contributed by atoms with Crippen LogP contribution in [0.5, 0.6) is 0 Å². The monoisotopic (exact) mass is 150 g/mol. The van der Waals surface area contributed by atoms with Gasteiger partial charge in [0, 0.05) is 6.54 Å². The molecule has 0 fully saturated rings. The summed E-state index contributed by atoms with van der Waals surface area (Å²) in [5.41, 5.74) is 0. The Kier molecular flexibility index (Phi) is 3.81. The van der Waals surface area contributed by atoms with E-state index in [1.807, 2.05) is 0 Å². The number of hydrogen-bond donors (Lipinski definition) is 0. The molecule has 0 aromatic rings. The summed E-state index contributed by atoms with van der Waals surface area (Å²) in [5.74, 6) is 0. The maximum atomic E-state index is 2.23. The largest absolute Gasteiger partial charge is 0.369 e. The van der Waals surface area contributed by atoms with Crippen LogP contribution >= 0.6 is 0 Å². The molecule has 0 aliphatic carbocycles. The average Bonchev–Trinajstić information content (AvgIpc) is 2.07. The minimum atomic E-state index is 1.16. The molecule has 61 valence electrons. The Balaban J connectivity index is 2.07. The first-order valence-corrected chi connectivity index (χ1v) is 4.37. The third-order valence-electron chi connectivity index (χ3n) is 1.80. The van der Waals surface area contributed by atoms with Gasteiger partial charge in [0.15, 0.2) is 0 Å². The smallest absolute Gasteiger partial charge is 0.0710 e. The van der Waals surface area contributed by atoms with Gasteiger partial charge in [-0.25, -0.2) is 0 Å². The van der Waals surface area contributed by atoms with Gasteiger partial charge in [0.25, 0.3) is 0 Å². The van der Waals surface area contributed by atoms with Gasteiger partial charge in [0.1, 0.15) is 0 Å². The van der Waals surface area contributed by atoms with Crippen LogP contribution in [0.15, 0.2) is 24.4 Å². The van der Waals surface area contributed by atoms with Gasteiger partial charge in [0.05, 0.1) is 6.54 Å². The Labute approximate surface area is 69.4 Å². The lowest BCUT2D eigenvalue weighted by atomic mass is 10.2. The number of unbranched alkanes of at least 4 members (excludes halogenated alkanes) is 2. The normalized spacial score (nSPS) is 15.9. The van der Waals surface area contributed by atoms with Gasteiger partial charge in [-0.2, -0.15) is 0 Å². The summed E-state index contributed by atoms with van der Waals surface area (Å²) in [4.78, 5) is 2.23. The van der Waals surface area contributed by atoms with Gasteiger partial charge in [-0.3, -0.25) is 0 Å². The molecule has 1 heterocycles. The molecule has 0 spiro atoms. The van der Waals surface area contributed by atoms with Crippen LogP contribution < -0.4 is 0 Å². The van der Waals surface area contributed by atoms with Crippen molar-refractivity contribution in [3.05, 3.63) is 31.0 Å². The van der Waals surface area contributed by atoms with Crippen LogP contribution in [0.3, 0.4) is 0 Å². The SMILES string of the molecule is CCCCCN1[CH]C=CC=C1. The fourth-order valence-electron chi connectivity index (χ4n) is 1.13. The van der Waals surface area contributed by atoms with Gasteiger partial charge in [0.2, 0.25) is 0 Å². The van der Waals surface area contributed by atoms with Crippen molar-refractivity contribution in [1.82, 2.24) is 4.90 Å². The van der Waals surface area contributed by atoms with E-state index in [2.05, 4.69) is 42.8 Å². The van der Waals surface area contributed by atoms with Gasteiger partial charge in [-0.05, 0) is 18.7 Å². The number of rotatable bonds is 4. The Bertz CT molecular complexity index is 147. The number of allylic oxidation sites excluding steroid dienone is 2. The van der Waals surface area contributed by atoms with E-state index in [0.29, 0.717) is 0 Å². The van der Waals surface area contributed by atoms with Crippen LogP contribution in [-0.4, -0.2) is 11.4 Å². The molecule has 0 atom stereocenters. The summed E-state index contributed by atoms with van der Waals surface area (Å²) in [7, 11) is 0. The van der Waals surface area contributed by atoms with Crippen molar-refractivity contribution in [3.8, 4) is 0 Å². The lowest BCUT2D eigenvalue weighted by Gasteiger charge is -2.19. The van der Waals surface area contributed by atoms with Crippen LogP contribution in [0.4, 0.5) is 0 Å². The topological polar surface area (TPSA) is 3.24 Å². The van der Waals surface area contributed by atoms with Crippen LogP contribution in [-0.2, 0) is 0 Å². The van der Waals surface area contributed by atoms with Crippen LogP contribution in [0.25, 0.3) is 0 Å². The minimum Gasteiger partial charge on any atom is -0.369 e. The number of nitrogens with zero attached hydrogens (tertiary/aromatic N) is 1. The second kappa shape index (κ2) is 5.00. The molecule has 0 amide bonds. The molecule has 1 aliphatic heterocycles. The Morgan fingerprint density at radius 1 is 1.09 bits per heavy atom. The Morgan fingerprint density at radius 2 is 2.00 bits per heavy atom. The quantitative estimate of drug-likeness (QED) is 0.557. The first-order chi connectivity index (χ1) is 5.43. The molecule has 1 aliphatic rings. The van der Waals surface area contributed by atoms with E-state index < -0.39 is 0 Å². The molecular weight excluding hydrogens is 134 g/mol. The predicted octanol–water partition coefficient (Wildman–Crippen LogP) is 2.72. The zero-order valence-electron chi connectivity index (χ0n) is 7.16. The molecule has 1 heteroatoms. The van der Waals surface area contributed by atoms with E-state index in [-0.39, 0.29) is 0 Å². The molecule has 0 unspecified atom stereocenters. The zero-order valence-corrected chi connectivity index (χ0v) is 7.16. The molecule has 0 bridgehead atoms. The van der Waals surface area contributed by atoms with Crippen LogP contribution in [0, 0.1) is 6.54 Å². The van der Waals surface area contributed by atoms with E-state index in [1.165, 1.54) is 19.3 Å². The van der Waals surface area contributed by atoms with E-state index in [9.17, 15) is 0 Å². The second-order valence-electron chi connectivity index (χ2n) is 2.82. The van der Waals surface area contributed by atoms with Crippen molar-refractivity contribution >= 4 is 0 Å². The van der Waals surface area contributed by atoms with Gasteiger partial charge < -0.3 is 4.90 Å². The molecule has 11 heavy (non-hydrogen) atoms. The van der Waals surface area contributed by atoms with Gasteiger partial charge in [-0.15, -0.1) is 0 Å². The van der Waals surface area contributed by atoms with Crippen molar-refractivity contribution < 1.29 is 0 Å². The third-order valence-corrected chi connectivity index (χ3v) is 1.80. The highest BCUT2D eigenvalue weighted by Gasteiger charge is 1.97. The van der Waals surface area contributed by atoms with Crippen molar-refractivity contribution in [2.24, 2.45) is 0 Å². The lowest BCUT2D eigenvalue weighted by Crippen LogP contribution is -2.15. The van der Waals surface area contributed by atoms with Crippen LogP contribution in [0.1, 0.15) is 26.2 Å². The highest BCUT2D eigenvalue weighted by molar-refractivity contribution is 5.13. The summed E-state index contributed by atoms with van der Waals surface area (Å²) < 4.78 is 0. The van der Waals surface area contributed by atoms with Crippen molar-refractivity contribution in [3.63, 3.8) is 0 Å². The summed E-state index contributed by atoms with van der Waals surface area (Å²) >= 11 is 0. The van der Waals surface area contributed by atoms with Crippen LogP contribution in [0.2, 0.25) is 0 Å². The van der Waals surface area contributed by atoms with Crippen molar-refractivity contribution in [1.29, 1.82) is 0 Å². The summed E-state index contributed by atoms with van der Waals surface area (Å²) in [6.07, 6.45) is 12.3. The fraction of sp³-hybridized carbons (Fsp3) is 0.500. The molecule has 0 N–H and O–H groups in total. The predicted molar refractivity (Wildman–Crippen MR) is 48.8 cm³/mol. The zero-order chi connectivity index (χ0) is 7.94. The van der Waals surface area contributed by atoms with Gasteiger partial charge in [-0.1, -0.05) is 31.9 Å². The first-order valence-electron chi connectivity index (χ1n) is 4.37. The first kappa shape index (κ1) is 8.38. The van der Waals surface area contributed by atoms with E-state index >= 15 is 0 Å². The number of hydrogen-bond acceptors (Lipinski definition) is 1. The minimum absolute atomic E-state index is 1.16. The molecule has 0 saturated carbocycles. The molecule has 0 aromatic heterocycles. The molecule has 1 radical (unpaired) electrons. The molecule has 0 saturated heterocycles. The standard InChI is InChI=1S/C10H16N/c1-2-3-5-8-11-9-6-4-7-10-11/h4,6-7,9-10H,2-3,5,8H2,1H3. The highest BCUT2D eigenvalue weighted by atomic mass is 15.1. The van der Waals surface area contributed by atoms with E-state index in [4.69, 9.17) is 0 Å². The average molecular weight is 150 g/mol. The van der Waals surface area contributed by atoms with Crippen molar-refractivity contribution in [2.75, 3.05) is 6.54 Å². The third kappa shape index (κ3) is 3.26. The van der Waals surface area contributed by atoms with E-state index in [0.717, 1.165) is 6.54 Å². The highest BCUT2D eigenvalue weighted by Crippen LogP contribution is 2.05.